The van der Waals surface area contributed by atoms with E-state index in [1.165, 1.54) is 11.1 Å². The fourth-order valence-electron chi connectivity index (χ4n) is 2.79. The first kappa shape index (κ1) is 15.0. The first-order valence-corrected chi connectivity index (χ1v) is 7.68. The van der Waals surface area contributed by atoms with Crippen LogP contribution >= 0.6 is 0 Å². The first-order chi connectivity index (χ1) is 9.56. The molecule has 2 rings (SSSR count). The summed E-state index contributed by atoms with van der Waals surface area (Å²) >= 11 is 0. The Morgan fingerprint density at radius 3 is 2.60 bits per heavy atom. The van der Waals surface area contributed by atoms with E-state index in [0.29, 0.717) is 12.1 Å². The van der Waals surface area contributed by atoms with E-state index in [9.17, 15) is 4.79 Å². The summed E-state index contributed by atoms with van der Waals surface area (Å²) in [6.45, 7) is 10.2. The van der Waals surface area contributed by atoms with Crippen LogP contribution in [-0.4, -0.2) is 36.0 Å². The highest BCUT2D eigenvalue weighted by atomic mass is 16.2. The third-order valence-electron chi connectivity index (χ3n) is 4.48. The van der Waals surface area contributed by atoms with Gasteiger partial charge in [-0.3, -0.25) is 4.79 Å². The average Bonchev–Trinajstić information content (AvgIpc) is 2.48. The number of benzene rings is 1. The van der Waals surface area contributed by atoms with Gasteiger partial charge in [-0.25, -0.2) is 0 Å². The van der Waals surface area contributed by atoms with Crippen LogP contribution < -0.4 is 5.32 Å². The third-order valence-corrected chi connectivity index (χ3v) is 4.48. The molecule has 3 nitrogen and oxygen atoms in total. The lowest BCUT2D eigenvalue weighted by molar-refractivity contribution is 0.0576. The van der Waals surface area contributed by atoms with Gasteiger partial charge in [0.1, 0.15) is 0 Å². The van der Waals surface area contributed by atoms with Gasteiger partial charge in [-0.1, -0.05) is 19.9 Å². The zero-order valence-electron chi connectivity index (χ0n) is 13.1. The number of nitrogens with one attached hydrogen (secondary N) is 1. The van der Waals surface area contributed by atoms with E-state index in [0.717, 1.165) is 31.5 Å². The number of rotatable bonds is 3. The maximum absolute atomic E-state index is 12.8. The summed E-state index contributed by atoms with van der Waals surface area (Å²) in [5, 5.41) is 3.53. The molecule has 0 spiro atoms. The predicted octanol–water partition coefficient (Wildman–Crippen LogP) is 2.91. The molecule has 0 bridgehead atoms. The molecule has 2 unspecified atom stereocenters. The summed E-state index contributed by atoms with van der Waals surface area (Å²) in [7, 11) is 0. The van der Waals surface area contributed by atoms with Gasteiger partial charge in [0.05, 0.1) is 0 Å². The van der Waals surface area contributed by atoms with Crippen LogP contribution in [0.25, 0.3) is 0 Å². The van der Waals surface area contributed by atoms with Crippen LogP contribution in [0.5, 0.6) is 0 Å². The molecule has 0 saturated carbocycles. The standard InChI is InChI=1S/C17H26N2O/c1-5-15-11-19(16(6-2)10-18-15)17(20)14-8-7-12(3)13(4)9-14/h7-9,15-16,18H,5-6,10-11H2,1-4H3. The molecule has 3 heteroatoms. The second kappa shape index (κ2) is 6.40. The topological polar surface area (TPSA) is 32.3 Å². The van der Waals surface area contributed by atoms with Gasteiger partial charge in [0.2, 0.25) is 0 Å². The van der Waals surface area contributed by atoms with E-state index in [1.807, 2.05) is 18.2 Å². The van der Waals surface area contributed by atoms with Crippen LogP contribution in [0.4, 0.5) is 0 Å². The average molecular weight is 274 g/mol. The molecule has 1 aromatic carbocycles. The SMILES string of the molecule is CCC1CN(C(=O)c2ccc(C)c(C)c2)C(CC)CN1. The van der Waals surface area contributed by atoms with Crippen molar-refractivity contribution in [3.8, 4) is 0 Å². The summed E-state index contributed by atoms with van der Waals surface area (Å²) in [6, 6.07) is 6.76. The highest BCUT2D eigenvalue weighted by Gasteiger charge is 2.30. The molecular formula is C17H26N2O. The van der Waals surface area contributed by atoms with Gasteiger partial charge in [0, 0.05) is 30.7 Å². The quantitative estimate of drug-likeness (QED) is 0.919. The van der Waals surface area contributed by atoms with Crippen LogP contribution in [0.1, 0.15) is 48.2 Å². The van der Waals surface area contributed by atoms with Gasteiger partial charge in [-0.15, -0.1) is 0 Å². The molecule has 0 aliphatic carbocycles. The molecule has 1 aliphatic rings. The summed E-state index contributed by atoms with van der Waals surface area (Å²) in [5.41, 5.74) is 3.25. The molecule has 1 fully saturated rings. The minimum atomic E-state index is 0.180. The molecule has 1 saturated heterocycles. The van der Waals surface area contributed by atoms with Crippen LogP contribution in [0, 0.1) is 13.8 Å². The number of hydrogen-bond donors (Lipinski definition) is 1. The van der Waals surface area contributed by atoms with E-state index in [-0.39, 0.29) is 5.91 Å². The number of piperazine rings is 1. The Kier molecular flexibility index (Phi) is 4.81. The third kappa shape index (κ3) is 3.04. The zero-order valence-corrected chi connectivity index (χ0v) is 13.1. The van der Waals surface area contributed by atoms with E-state index in [2.05, 4.69) is 37.9 Å². The highest BCUT2D eigenvalue weighted by molar-refractivity contribution is 5.94. The molecule has 110 valence electrons. The lowest BCUT2D eigenvalue weighted by atomic mass is 10.0. The number of hydrogen-bond acceptors (Lipinski definition) is 2. The van der Waals surface area contributed by atoms with Gasteiger partial charge in [-0.05, 0) is 49.9 Å². The van der Waals surface area contributed by atoms with Crippen LogP contribution in [-0.2, 0) is 0 Å². The highest BCUT2D eigenvalue weighted by Crippen LogP contribution is 2.18. The maximum atomic E-state index is 12.8. The minimum absolute atomic E-state index is 0.180. The number of amides is 1. The zero-order chi connectivity index (χ0) is 14.7. The molecule has 1 aromatic rings. The fourth-order valence-corrected chi connectivity index (χ4v) is 2.79. The first-order valence-electron chi connectivity index (χ1n) is 7.68. The number of carbonyl (C=O) groups is 1. The van der Waals surface area contributed by atoms with E-state index in [1.54, 1.807) is 0 Å². The Morgan fingerprint density at radius 1 is 1.25 bits per heavy atom. The Morgan fingerprint density at radius 2 is 2.00 bits per heavy atom. The van der Waals surface area contributed by atoms with Crippen LogP contribution in [0.3, 0.4) is 0 Å². The Hall–Kier alpha value is -1.35. The molecule has 0 radical (unpaired) electrons. The lowest BCUT2D eigenvalue weighted by Crippen LogP contribution is -2.57. The molecule has 0 aromatic heterocycles. The summed E-state index contributed by atoms with van der Waals surface area (Å²) in [4.78, 5) is 14.9. The molecular weight excluding hydrogens is 248 g/mol. The smallest absolute Gasteiger partial charge is 0.254 e. The van der Waals surface area contributed by atoms with E-state index < -0.39 is 0 Å². The van der Waals surface area contributed by atoms with Gasteiger partial charge in [0.15, 0.2) is 0 Å². The molecule has 2 atom stereocenters. The molecule has 1 N–H and O–H groups in total. The fraction of sp³-hybridized carbons (Fsp3) is 0.588. The van der Waals surface area contributed by atoms with Gasteiger partial charge >= 0.3 is 0 Å². The van der Waals surface area contributed by atoms with Gasteiger partial charge < -0.3 is 10.2 Å². The molecule has 1 amide bonds. The second-order valence-electron chi connectivity index (χ2n) is 5.83. The van der Waals surface area contributed by atoms with Crippen molar-refractivity contribution in [1.29, 1.82) is 0 Å². The van der Waals surface area contributed by atoms with Crippen LogP contribution in [0.2, 0.25) is 0 Å². The number of carbonyl (C=O) groups excluding carboxylic acids is 1. The number of nitrogens with zero attached hydrogens (tertiary/aromatic N) is 1. The Bertz CT molecular complexity index is 484. The minimum Gasteiger partial charge on any atom is -0.333 e. The molecule has 1 heterocycles. The van der Waals surface area contributed by atoms with Crippen molar-refractivity contribution in [3.63, 3.8) is 0 Å². The Balaban J connectivity index is 2.22. The number of aryl methyl sites for hydroxylation is 2. The molecule has 1 aliphatic heterocycles. The monoisotopic (exact) mass is 274 g/mol. The van der Waals surface area contributed by atoms with Gasteiger partial charge in [-0.2, -0.15) is 0 Å². The van der Waals surface area contributed by atoms with Crippen molar-refractivity contribution in [2.24, 2.45) is 0 Å². The Labute approximate surface area is 122 Å². The van der Waals surface area contributed by atoms with E-state index in [4.69, 9.17) is 0 Å². The van der Waals surface area contributed by atoms with Crippen molar-refractivity contribution in [3.05, 3.63) is 34.9 Å². The summed E-state index contributed by atoms with van der Waals surface area (Å²) in [6.07, 6.45) is 2.06. The van der Waals surface area contributed by atoms with Crippen molar-refractivity contribution in [2.75, 3.05) is 13.1 Å². The maximum Gasteiger partial charge on any atom is 0.254 e. The van der Waals surface area contributed by atoms with E-state index >= 15 is 0 Å². The molecule has 20 heavy (non-hydrogen) atoms. The van der Waals surface area contributed by atoms with Crippen LogP contribution in [0.15, 0.2) is 18.2 Å². The van der Waals surface area contributed by atoms with Crippen molar-refractivity contribution >= 4 is 5.91 Å². The summed E-state index contributed by atoms with van der Waals surface area (Å²) in [5.74, 6) is 0.180. The largest absolute Gasteiger partial charge is 0.333 e. The summed E-state index contributed by atoms with van der Waals surface area (Å²) < 4.78 is 0. The second-order valence-corrected chi connectivity index (χ2v) is 5.83. The van der Waals surface area contributed by atoms with Crippen molar-refractivity contribution < 1.29 is 4.79 Å². The predicted molar refractivity (Wildman–Crippen MR) is 83.1 cm³/mol. The lowest BCUT2D eigenvalue weighted by Gasteiger charge is -2.40. The van der Waals surface area contributed by atoms with Gasteiger partial charge in [0.25, 0.3) is 5.91 Å². The normalized spacial score (nSPS) is 22.9. The van der Waals surface area contributed by atoms with Crippen molar-refractivity contribution in [1.82, 2.24) is 10.2 Å². The van der Waals surface area contributed by atoms with Crippen molar-refractivity contribution in [2.45, 2.75) is 52.6 Å².